The molecule has 0 saturated carbocycles. The standard InChI is InChI=1S/C21H20F3N3O2/c22-21(23,24)18-6-3-15(4-7-18)5-8-19(28)26-13-20(29)27-11-9-17(14-27)16-2-1-10-25-12-16/h1-8,10,12,17H,9,11,13-14H2,(H,26,28)/b8-5+. The van der Waals surface area contributed by atoms with Crippen LogP contribution in [-0.4, -0.2) is 41.3 Å². The maximum absolute atomic E-state index is 12.5. The molecule has 8 heteroatoms. The van der Waals surface area contributed by atoms with E-state index in [1.807, 2.05) is 12.1 Å². The Morgan fingerprint density at radius 2 is 1.97 bits per heavy atom. The first-order valence-corrected chi connectivity index (χ1v) is 9.14. The third kappa shape index (κ3) is 5.66. The molecule has 2 heterocycles. The number of likely N-dealkylation sites (tertiary alicyclic amines) is 1. The monoisotopic (exact) mass is 403 g/mol. The second kappa shape index (κ2) is 8.89. The molecule has 1 aliphatic rings. The quantitative estimate of drug-likeness (QED) is 0.780. The van der Waals surface area contributed by atoms with Gasteiger partial charge in [-0.05, 0) is 41.8 Å². The number of amides is 2. The fourth-order valence-corrected chi connectivity index (χ4v) is 3.16. The molecule has 2 aromatic rings. The molecule has 1 N–H and O–H groups in total. The van der Waals surface area contributed by atoms with Crippen LogP contribution in [0.2, 0.25) is 0 Å². The summed E-state index contributed by atoms with van der Waals surface area (Å²) in [6.45, 7) is 1.08. The van der Waals surface area contributed by atoms with Crippen molar-refractivity contribution in [2.45, 2.75) is 18.5 Å². The van der Waals surface area contributed by atoms with Crippen molar-refractivity contribution in [1.82, 2.24) is 15.2 Å². The first kappa shape index (κ1) is 20.6. The van der Waals surface area contributed by atoms with Gasteiger partial charge < -0.3 is 10.2 Å². The van der Waals surface area contributed by atoms with E-state index in [1.54, 1.807) is 17.3 Å². The van der Waals surface area contributed by atoms with E-state index < -0.39 is 17.6 Å². The molecule has 0 bridgehead atoms. The van der Waals surface area contributed by atoms with E-state index in [2.05, 4.69) is 10.3 Å². The van der Waals surface area contributed by atoms with Crippen molar-refractivity contribution in [3.8, 4) is 0 Å². The van der Waals surface area contributed by atoms with Crippen molar-refractivity contribution in [3.63, 3.8) is 0 Å². The summed E-state index contributed by atoms with van der Waals surface area (Å²) in [6, 6.07) is 8.31. The fourth-order valence-electron chi connectivity index (χ4n) is 3.16. The zero-order valence-electron chi connectivity index (χ0n) is 15.5. The Labute approximate surface area is 166 Å². The molecule has 1 saturated heterocycles. The molecule has 3 rings (SSSR count). The first-order valence-electron chi connectivity index (χ1n) is 9.14. The summed E-state index contributed by atoms with van der Waals surface area (Å²) in [5.41, 5.74) is 0.796. The molecule has 1 fully saturated rings. The summed E-state index contributed by atoms with van der Waals surface area (Å²) in [6.07, 6.45) is 2.54. The van der Waals surface area contributed by atoms with Crippen molar-refractivity contribution in [3.05, 3.63) is 71.6 Å². The van der Waals surface area contributed by atoms with Crippen LogP contribution in [0, 0.1) is 0 Å². The molecule has 1 atom stereocenters. The molecule has 1 aromatic heterocycles. The molecule has 1 unspecified atom stereocenters. The Morgan fingerprint density at radius 1 is 1.21 bits per heavy atom. The lowest BCUT2D eigenvalue weighted by Crippen LogP contribution is -2.38. The number of alkyl halides is 3. The second-order valence-electron chi connectivity index (χ2n) is 6.78. The van der Waals surface area contributed by atoms with Crippen LogP contribution >= 0.6 is 0 Å². The van der Waals surface area contributed by atoms with Gasteiger partial charge in [0.05, 0.1) is 12.1 Å². The van der Waals surface area contributed by atoms with Crippen molar-refractivity contribution in [2.75, 3.05) is 19.6 Å². The minimum absolute atomic E-state index is 0.129. The minimum Gasteiger partial charge on any atom is -0.343 e. The van der Waals surface area contributed by atoms with Gasteiger partial charge in [0, 0.05) is 37.5 Å². The normalized spacial score (nSPS) is 16.9. The van der Waals surface area contributed by atoms with Crippen LogP contribution in [0.25, 0.3) is 6.08 Å². The molecule has 1 aliphatic heterocycles. The lowest BCUT2D eigenvalue weighted by atomic mass is 10.0. The molecule has 152 valence electrons. The van der Waals surface area contributed by atoms with Gasteiger partial charge in [-0.15, -0.1) is 0 Å². The van der Waals surface area contributed by atoms with Gasteiger partial charge in [0.15, 0.2) is 0 Å². The molecule has 0 spiro atoms. The van der Waals surface area contributed by atoms with Gasteiger partial charge in [-0.2, -0.15) is 13.2 Å². The van der Waals surface area contributed by atoms with E-state index in [-0.39, 0.29) is 18.4 Å². The number of hydrogen-bond acceptors (Lipinski definition) is 3. The Balaban J connectivity index is 1.45. The van der Waals surface area contributed by atoms with Crippen LogP contribution < -0.4 is 5.32 Å². The number of hydrogen-bond donors (Lipinski definition) is 1. The highest BCUT2D eigenvalue weighted by molar-refractivity contribution is 5.94. The van der Waals surface area contributed by atoms with Gasteiger partial charge in [0.25, 0.3) is 0 Å². The van der Waals surface area contributed by atoms with Gasteiger partial charge in [-0.3, -0.25) is 14.6 Å². The number of aromatic nitrogens is 1. The predicted octanol–water partition coefficient (Wildman–Crippen LogP) is 3.25. The van der Waals surface area contributed by atoms with Gasteiger partial charge in [0.1, 0.15) is 0 Å². The third-order valence-corrected chi connectivity index (χ3v) is 4.78. The zero-order valence-corrected chi connectivity index (χ0v) is 15.5. The van der Waals surface area contributed by atoms with Crippen LogP contribution in [0.1, 0.15) is 29.0 Å². The molecule has 29 heavy (non-hydrogen) atoms. The number of carbonyl (C=O) groups excluding carboxylic acids is 2. The Hall–Kier alpha value is -3.16. The van der Waals surface area contributed by atoms with E-state index in [4.69, 9.17) is 0 Å². The van der Waals surface area contributed by atoms with Crippen LogP contribution in [-0.2, 0) is 15.8 Å². The number of nitrogens with zero attached hydrogens (tertiary/aromatic N) is 2. The molecule has 0 radical (unpaired) electrons. The molecule has 0 aliphatic carbocycles. The van der Waals surface area contributed by atoms with Gasteiger partial charge in [-0.25, -0.2) is 0 Å². The van der Waals surface area contributed by atoms with Crippen molar-refractivity contribution < 1.29 is 22.8 Å². The minimum atomic E-state index is -4.40. The van der Waals surface area contributed by atoms with Crippen molar-refractivity contribution >= 4 is 17.9 Å². The first-order chi connectivity index (χ1) is 13.8. The smallest absolute Gasteiger partial charge is 0.343 e. The maximum atomic E-state index is 12.5. The number of carbonyl (C=O) groups is 2. The number of pyridine rings is 1. The van der Waals surface area contributed by atoms with Crippen LogP contribution in [0.5, 0.6) is 0 Å². The molecular formula is C21H20F3N3O2. The Bertz CT molecular complexity index is 880. The second-order valence-corrected chi connectivity index (χ2v) is 6.78. The van der Waals surface area contributed by atoms with E-state index in [1.165, 1.54) is 24.3 Å². The van der Waals surface area contributed by atoms with Crippen LogP contribution in [0.4, 0.5) is 13.2 Å². The molecular weight excluding hydrogens is 383 g/mol. The van der Waals surface area contributed by atoms with Gasteiger partial charge in [-0.1, -0.05) is 18.2 Å². The number of halogens is 3. The number of rotatable bonds is 5. The summed E-state index contributed by atoms with van der Waals surface area (Å²) in [4.78, 5) is 30.0. The maximum Gasteiger partial charge on any atom is 0.416 e. The predicted molar refractivity (Wildman–Crippen MR) is 102 cm³/mol. The summed E-state index contributed by atoms with van der Waals surface area (Å²) in [5, 5.41) is 2.51. The summed E-state index contributed by atoms with van der Waals surface area (Å²) in [5.74, 6) is -0.420. The largest absolute Gasteiger partial charge is 0.416 e. The third-order valence-electron chi connectivity index (χ3n) is 4.78. The molecule has 1 aromatic carbocycles. The van der Waals surface area contributed by atoms with Crippen LogP contribution in [0.3, 0.4) is 0 Å². The number of benzene rings is 1. The van der Waals surface area contributed by atoms with E-state index >= 15 is 0 Å². The van der Waals surface area contributed by atoms with E-state index in [0.29, 0.717) is 18.7 Å². The van der Waals surface area contributed by atoms with Gasteiger partial charge >= 0.3 is 6.18 Å². The Kier molecular flexibility index (Phi) is 6.31. The highest BCUT2D eigenvalue weighted by Crippen LogP contribution is 2.29. The summed E-state index contributed by atoms with van der Waals surface area (Å²) in [7, 11) is 0. The average molecular weight is 403 g/mol. The molecule has 5 nitrogen and oxygen atoms in total. The Morgan fingerprint density at radius 3 is 2.62 bits per heavy atom. The topological polar surface area (TPSA) is 62.3 Å². The van der Waals surface area contributed by atoms with Gasteiger partial charge in [0.2, 0.25) is 11.8 Å². The van der Waals surface area contributed by atoms with E-state index in [9.17, 15) is 22.8 Å². The zero-order chi connectivity index (χ0) is 20.9. The number of nitrogens with one attached hydrogen (secondary N) is 1. The lowest BCUT2D eigenvalue weighted by Gasteiger charge is -2.16. The van der Waals surface area contributed by atoms with Crippen molar-refractivity contribution in [1.29, 1.82) is 0 Å². The molecule has 2 amide bonds. The average Bonchev–Trinajstić information content (AvgIpc) is 3.21. The summed E-state index contributed by atoms with van der Waals surface area (Å²) < 4.78 is 37.6. The lowest BCUT2D eigenvalue weighted by molar-refractivity contribution is -0.137. The SMILES string of the molecule is O=C(/C=C/c1ccc(C(F)(F)F)cc1)NCC(=O)N1CCC(c2cccnc2)C1. The fraction of sp³-hybridized carbons (Fsp3) is 0.286. The van der Waals surface area contributed by atoms with Crippen LogP contribution in [0.15, 0.2) is 54.9 Å². The van der Waals surface area contributed by atoms with Crippen molar-refractivity contribution in [2.24, 2.45) is 0 Å². The summed E-state index contributed by atoms with van der Waals surface area (Å²) >= 11 is 0. The highest BCUT2D eigenvalue weighted by atomic mass is 19.4. The van der Waals surface area contributed by atoms with E-state index in [0.717, 1.165) is 24.1 Å². The highest BCUT2D eigenvalue weighted by Gasteiger charge is 2.30.